The lowest BCUT2D eigenvalue weighted by Crippen LogP contribution is -2.62. The van der Waals surface area contributed by atoms with Gasteiger partial charge in [0, 0.05) is 51.4 Å². The number of aliphatic hydroxyl groups is 2. The summed E-state index contributed by atoms with van der Waals surface area (Å²) >= 11 is 0. The molecule has 8 saturated heterocycles. The SMILES string of the molecule is COC(=O)[C@@H]1O[C@@H]2COC(c3ccccc3)O[C@@H]2[C@H](n2cc(-c3cc(F)c(F)c(F)c3)nn2)[C@H]1O.COC(=O)[C@@H]1O[C@@H]2COC(c3ccccc3)O[C@@H]2[C@H](n2cc(-c3cc(F)c(F)c(F)c3)nn2)[C@H]1OC(C)=O.COC(=O)[C@@H]1O[C@@H]2COC(c3ccccc3)O[C@@H]2[C@H](n2cc(-c3cc(F)c(F)c(F)c3)nn2)[C@H]1OS(=O)(=O)C(F)(F)F.O=C(O)[C@@H]1O[C@@H]2COC(c3ccccc3)O[C@@H]2[C@H](n2cc(-c3cc(F)c(F)c(F)c3)nn2)[C@H]1O. The van der Waals surface area contributed by atoms with Gasteiger partial charge in [-0.2, -0.15) is 21.6 Å². The Balaban J connectivity index is 0.000000136. The van der Waals surface area contributed by atoms with Crippen LogP contribution in [0.25, 0.3) is 45.0 Å². The lowest BCUT2D eigenvalue weighted by Gasteiger charge is -2.48. The molecule has 20 rings (SSSR count). The van der Waals surface area contributed by atoms with Crippen molar-refractivity contribution in [2.45, 2.75) is 159 Å². The van der Waals surface area contributed by atoms with Gasteiger partial charge in [0.25, 0.3) is 0 Å². The highest BCUT2D eigenvalue weighted by Gasteiger charge is 2.62. The van der Waals surface area contributed by atoms with Crippen molar-refractivity contribution >= 4 is 40.0 Å². The first-order valence-corrected chi connectivity index (χ1v) is 45.8. The first-order chi connectivity index (χ1) is 71.3. The van der Waals surface area contributed by atoms with Crippen LogP contribution in [0.3, 0.4) is 0 Å². The molecule has 149 heavy (non-hydrogen) atoms. The minimum absolute atomic E-state index is 0.00583. The van der Waals surface area contributed by atoms with E-state index in [1.165, 1.54) is 28.0 Å². The van der Waals surface area contributed by atoms with Gasteiger partial charge in [-0.3, -0.25) is 8.98 Å². The zero-order valence-electron chi connectivity index (χ0n) is 76.7. The minimum atomic E-state index is -6.35. The Labute approximate surface area is 829 Å². The van der Waals surface area contributed by atoms with Crippen LogP contribution in [-0.4, -0.2) is 264 Å². The van der Waals surface area contributed by atoms with Gasteiger partial charge in [-0.25, -0.2) is 90.6 Å². The van der Waals surface area contributed by atoms with E-state index in [9.17, 15) is 114 Å². The summed E-state index contributed by atoms with van der Waals surface area (Å²) in [5.74, 6) is -23.1. The highest BCUT2D eigenvalue weighted by atomic mass is 32.2. The molecule has 0 spiro atoms. The summed E-state index contributed by atoms with van der Waals surface area (Å²) in [4.78, 5) is 61.3. The van der Waals surface area contributed by atoms with Gasteiger partial charge in [0.05, 0.1) is 72.5 Å². The lowest BCUT2D eigenvalue weighted by atomic mass is 9.91. The van der Waals surface area contributed by atoms with E-state index in [0.717, 1.165) is 85.8 Å². The quantitative estimate of drug-likeness (QED) is 0.0169. The van der Waals surface area contributed by atoms with E-state index in [1.54, 1.807) is 66.7 Å². The van der Waals surface area contributed by atoms with Gasteiger partial charge in [0.2, 0.25) is 0 Å². The van der Waals surface area contributed by atoms with Crippen molar-refractivity contribution < 1.29 is 194 Å². The number of fused-ring (bicyclic) bond motifs is 4. The first kappa shape index (κ1) is 106. The van der Waals surface area contributed by atoms with Crippen molar-refractivity contribution in [1.82, 2.24) is 60.0 Å². The molecule has 0 amide bonds. The molecule has 4 aromatic heterocycles. The number of halogens is 15. The maximum absolute atomic E-state index is 13.9. The standard InChI is InChI=1S/C25H22F3N3O7.C24H19F6N3O8S.C23H20F3N3O6.C22H18F3N3O6/c1-12(32)36-22-20(31-10-17(29-30-31)14-8-15(26)19(28)16(27)9-14)21-18(37-23(22)24(33)34-2)11-35-25(38-21)13-6-4-3-5-7-13;1-37-22(34)21-20(41-42(35,36)24(28,29)30)18(19-16(39-21)10-38-23(40-19)11-5-3-2-4-6-11)33-9-15(31-32-33)12-7-13(25)17(27)14(26)8-12;1-32-22(31)21-19(30)18(20-16(34-21)10-33-23(35-20)11-5-3-2-4-6-11)29-9-15(27-28-29)12-7-13(24)17(26)14(25)8-12;23-12-6-11(7-13(24)16(12)25)14-8-28(27-26-14)17-18(29)20(21(30)31)33-15-9-32-22(34-19(15)17)10-4-2-1-3-5-10/h3-10,18,20-23,25H,11H2,1-2H3;2-9,16,18-21,23H,10H2,1H3;2-9,16,18-21,23,30H,10H2,1H3;1-8,15,17-20,22,29H,9H2,(H,30,31)/t18-,20+,21+,22-,23-,25?;16-,18+,19+,20-,21-,23?;16-,18-,19-,20+,21-,23?;15-,17-,18-,19+,20-,22?/m1111/s1. The van der Waals surface area contributed by atoms with Crippen LogP contribution in [0.2, 0.25) is 0 Å². The molecule has 8 aliphatic rings. The number of hydrogen-bond donors (Lipinski definition) is 3. The van der Waals surface area contributed by atoms with E-state index in [2.05, 4.69) is 50.2 Å². The number of aromatic nitrogens is 12. The number of carboxylic acid groups (broad SMARTS) is 1. The van der Waals surface area contributed by atoms with Gasteiger partial charge in [-0.1, -0.05) is 142 Å². The molecule has 3 N–H and O–H groups in total. The predicted octanol–water partition coefficient (Wildman–Crippen LogP) is 10.6. The number of carbonyl (C=O) groups excluding carboxylic acids is 4. The third-order valence-electron chi connectivity index (χ3n) is 24.5. The number of carbonyl (C=O) groups is 5. The number of methoxy groups -OCH3 is 3. The van der Waals surface area contributed by atoms with Gasteiger partial charge in [0.15, 0.2) is 125 Å². The Morgan fingerprint density at radius 2 is 0.597 bits per heavy atom. The Morgan fingerprint density at radius 1 is 0.356 bits per heavy atom. The number of carboxylic acids is 1. The maximum Gasteiger partial charge on any atom is 0.523 e. The molecule has 0 bridgehead atoms. The fourth-order valence-electron chi connectivity index (χ4n) is 17.6. The molecular weight excluding hydrogens is 2050 g/mol. The molecule has 39 nitrogen and oxygen atoms in total. The van der Waals surface area contributed by atoms with Crippen LogP contribution < -0.4 is 0 Å². The van der Waals surface area contributed by atoms with Gasteiger partial charge >= 0.3 is 45.5 Å². The molecule has 0 radical (unpaired) electrons. The molecule has 8 aromatic carbocycles. The third kappa shape index (κ3) is 22.5. The van der Waals surface area contributed by atoms with E-state index in [0.29, 0.717) is 28.8 Å². The van der Waals surface area contributed by atoms with Crippen molar-refractivity contribution in [1.29, 1.82) is 0 Å². The fourth-order valence-corrected chi connectivity index (χ4v) is 18.2. The number of alkyl halides is 3. The number of nitrogens with zero attached hydrogens (tertiary/aromatic N) is 12. The van der Waals surface area contributed by atoms with E-state index in [4.69, 9.17) is 71.1 Å². The molecule has 0 aliphatic carbocycles. The number of aliphatic carboxylic acids is 1. The molecule has 55 heteroatoms. The monoisotopic (exact) mass is 2120 g/mol. The van der Waals surface area contributed by atoms with Crippen molar-refractivity contribution in [3.05, 3.63) is 287 Å². The molecule has 8 aliphatic heterocycles. The second-order valence-corrected chi connectivity index (χ2v) is 35.4. The molecule has 4 unspecified atom stereocenters. The largest absolute Gasteiger partial charge is 0.523 e. The average molecular weight is 2130 g/mol. The highest BCUT2D eigenvalue weighted by molar-refractivity contribution is 7.87. The second kappa shape index (κ2) is 44.8. The molecule has 0 saturated carbocycles. The molecule has 788 valence electrons. The van der Waals surface area contributed by atoms with E-state index in [-0.39, 0.29) is 71.5 Å². The van der Waals surface area contributed by atoms with Crippen molar-refractivity contribution in [2.75, 3.05) is 47.8 Å². The lowest BCUT2D eigenvalue weighted by molar-refractivity contribution is -0.315. The van der Waals surface area contributed by atoms with Crippen LogP contribution >= 0.6 is 0 Å². The molecule has 24 atom stereocenters. The van der Waals surface area contributed by atoms with E-state index in [1.807, 2.05) is 54.6 Å². The van der Waals surface area contributed by atoms with Crippen LogP contribution in [0.4, 0.5) is 65.9 Å². The smallest absolute Gasteiger partial charge is 0.479 e. The summed E-state index contributed by atoms with van der Waals surface area (Å²) in [5, 5.41) is 62.8. The topological polar surface area (TPSA) is 460 Å². The summed E-state index contributed by atoms with van der Waals surface area (Å²) in [6.07, 6.45) is -19.5. The zero-order valence-corrected chi connectivity index (χ0v) is 77.6. The van der Waals surface area contributed by atoms with Gasteiger partial charge in [-0.15, -0.1) is 20.4 Å². The highest BCUT2D eigenvalue weighted by Crippen LogP contribution is 2.48. The van der Waals surface area contributed by atoms with Crippen LogP contribution in [0.15, 0.2) is 195 Å². The summed E-state index contributed by atoms with van der Waals surface area (Å²) in [6.45, 7) is 0.899. The van der Waals surface area contributed by atoms with Crippen molar-refractivity contribution in [3.8, 4) is 45.0 Å². The van der Waals surface area contributed by atoms with Crippen LogP contribution in [-0.2, 0) is 114 Å². The summed E-state index contributed by atoms with van der Waals surface area (Å²) in [6, 6.07) is 36.4. The number of ether oxygens (including phenoxy) is 16. The molecule has 12 aromatic rings. The van der Waals surface area contributed by atoms with Crippen LogP contribution in [0, 0.1) is 69.8 Å². The Morgan fingerprint density at radius 3 is 0.866 bits per heavy atom. The zero-order chi connectivity index (χ0) is 106. The maximum atomic E-state index is 13.9. The Hall–Kier alpha value is -14.0. The number of hydrogen-bond acceptors (Lipinski definition) is 34. The van der Waals surface area contributed by atoms with Crippen molar-refractivity contribution in [3.63, 3.8) is 0 Å². The molecular formula is C94H79F15N12O27S. The Bertz CT molecular complexity index is 6880. The normalized spacial score (nSPS) is 27.6. The number of esters is 4. The van der Waals surface area contributed by atoms with Gasteiger partial charge in [0.1, 0.15) is 114 Å². The number of rotatable bonds is 19. The number of aliphatic hydroxyl groups excluding tert-OH is 2. The van der Waals surface area contributed by atoms with Crippen LogP contribution in [0.1, 0.15) is 78.5 Å². The summed E-state index contributed by atoms with van der Waals surface area (Å²) in [7, 11) is -3.16. The van der Waals surface area contributed by atoms with E-state index < -0.39 is 262 Å². The van der Waals surface area contributed by atoms with Gasteiger partial charge in [-0.05, 0) is 48.5 Å². The minimum Gasteiger partial charge on any atom is -0.479 e. The molecule has 12 heterocycles. The summed E-state index contributed by atoms with van der Waals surface area (Å²) < 4.78 is 328. The third-order valence-corrected chi connectivity index (χ3v) is 25.5. The van der Waals surface area contributed by atoms with Crippen molar-refractivity contribution in [2.24, 2.45) is 0 Å². The van der Waals surface area contributed by atoms with Crippen LogP contribution in [0.5, 0.6) is 0 Å². The fraction of sp³-hybridized carbons (Fsp3) is 0.351. The predicted molar refractivity (Wildman–Crippen MR) is 463 cm³/mol. The van der Waals surface area contributed by atoms with Gasteiger partial charge < -0.3 is 91.1 Å². The van der Waals surface area contributed by atoms with E-state index >= 15 is 0 Å². The molecule has 8 fully saturated rings. The second-order valence-electron chi connectivity index (χ2n) is 33.8. The number of benzene rings is 8. The first-order valence-electron chi connectivity index (χ1n) is 44.4. The summed E-state index contributed by atoms with van der Waals surface area (Å²) in [5.41, 5.74) is -4.17. The Kier molecular flexibility index (Phi) is 31.9. The average Bonchev–Trinajstić information content (AvgIpc) is 1.74.